The molecule has 36 heavy (non-hydrogen) atoms. The molecule has 0 radical (unpaired) electrons. The number of ether oxygens (including phenoxy) is 1. The minimum atomic E-state index is -1.33. The van der Waals surface area contributed by atoms with Crippen LogP contribution >= 0.6 is 0 Å². The van der Waals surface area contributed by atoms with Crippen molar-refractivity contribution in [1.29, 1.82) is 0 Å². The molecule has 4 heteroatoms. The number of benzene rings is 2. The second-order valence-corrected chi connectivity index (χ2v) is 10.2. The summed E-state index contributed by atoms with van der Waals surface area (Å²) in [6.45, 7) is 6.73. The summed E-state index contributed by atoms with van der Waals surface area (Å²) in [5.74, 6) is 6.13. The third-order valence-electron chi connectivity index (χ3n) is 7.52. The fourth-order valence-corrected chi connectivity index (χ4v) is 5.24. The molecule has 0 spiro atoms. The van der Waals surface area contributed by atoms with Gasteiger partial charge in [-0.1, -0.05) is 37.7 Å². The van der Waals surface area contributed by atoms with Crippen molar-refractivity contribution in [3.8, 4) is 17.6 Å². The van der Waals surface area contributed by atoms with Gasteiger partial charge < -0.3 is 4.74 Å². The van der Waals surface area contributed by atoms with E-state index in [1.165, 1.54) is 12.2 Å². The molecular formula is C32H35F3O. The number of alkyl halides is 1. The SMILES string of the molecule is CCOc1ccc(C#CC2=CC(F)C(CCc3cc(F)c(C4CCC(C)CC4)cc3C)C=C2F)cc1. The van der Waals surface area contributed by atoms with Crippen LogP contribution < -0.4 is 4.74 Å². The Balaban J connectivity index is 1.38. The molecule has 0 heterocycles. The highest BCUT2D eigenvalue weighted by atomic mass is 19.1. The van der Waals surface area contributed by atoms with Gasteiger partial charge in [0, 0.05) is 11.5 Å². The summed E-state index contributed by atoms with van der Waals surface area (Å²) >= 11 is 0. The van der Waals surface area contributed by atoms with Crippen molar-refractivity contribution in [2.24, 2.45) is 11.8 Å². The van der Waals surface area contributed by atoms with Gasteiger partial charge in [-0.25, -0.2) is 13.2 Å². The van der Waals surface area contributed by atoms with Crippen LogP contribution in [0.4, 0.5) is 13.2 Å². The standard InChI is InChI=1S/C32H35F3O/c1-4-36-28-15-8-23(9-16-28)7-12-26-19-31(34)27(20-30(26)33)14-13-25-18-32(35)29(17-22(25)3)24-10-5-21(2)6-11-24/h8-9,15-21,24,27,31H,4-6,10-11,13-14H2,1-3H3. The number of hydrogen-bond donors (Lipinski definition) is 0. The molecule has 4 rings (SSSR count). The quantitative estimate of drug-likeness (QED) is 0.367. The predicted molar refractivity (Wildman–Crippen MR) is 140 cm³/mol. The van der Waals surface area contributed by atoms with Crippen LogP contribution in [0.15, 0.2) is 60.0 Å². The van der Waals surface area contributed by atoms with Crippen molar-refractivity contribution in [2.75, 3.05) is 6.61 Å². The lowest BCUT2D eigenvalue weighted by Crippen LogP contribution is -2.17. The Morgan fingerprint density at radius 1 is 0.972 bits per heavy atom. The van der Waals surface area contributed by atoms with Gasteiger partial charge in [0.2, 0.25) is 0 Å². The van der Waals surface area contributed by atoms with Crippen molar-refractivity contribution >= 4 is 0 Å². The first kappa shape index (κ1) is 26.1. The van der Waals surface area contributed by atoms with Crippen LogP contribution in [-0.2, 0) is 6.42 Å². The molecule has 2 aliphatic rings. The summed E-state index contributed by atoms with van der Waals surface area (Å²) < 4.78 is 50.0. The Morgan fingerprint density at radius 2 is 1.69 bits per heavy atom. The Labute approximate surface area is 213 Å². The van der Waals surface area contributed by atoms with Gasteiger partial charge >= 0.3 is 0 Å². The average molecular weight is 493 g/mol. The van der Waals surface area contributed by atoms with E-state index >= 15 is 0 Å². The minimum Gasteiger partial charge on any atom is -0.494 e. The monoisotopic (exact) mass is 492 g/mol. The van der Waals surface area contributed by atoms with E-state index in [4.69, 9.17) is 4.74 Å². The van der Waals surface area contributed by atoms with E-state index in [1.54, 1.807) is 30.3 Å². The first-order valence-electron chi connectivity index (χ1n) is 13.1. The van der Waals surface area contributed by atoms with Gasteiger partial charge in [-0.3, -0.25) is 0 Å². The minimum absolute atomic E-state index is 0.0704. The zero-order valence-electron chi connectivity index (χ0n) is 21.4. The smallest absolute Gasteiger partial charge is 0.135 e. The first-order valence-corrected chi connectivity index (χ1v) is 13.1. The maximum absolute atomic E-state index is 15.0. The van der Waals surface area contributed by atoms with E-state index in [0.717, 1.165) is 54.0 Å². The average Bonchev–Trinajstić information content (AvgIpc) is 2.86. The van der Waals surface area contributed by atoms with Crippen molar-refractivity contribution in [2.45, 2.75) is 71.4 Å². The van der Waals surface area contributed by atoms with Gasteiger partial charge in [-0.15, -0.1) is 0 Å². The van der Waals surface area contributed by atoms with Crippen molar-refractivity contribution in [3.05, 3.63) is 88.0 Å². The van der Waals surface area contributed by atoms with Crippen molar-refractivity contribution in [3.63, 3.8) is 0 Å². The van der Waals surface area contributed by atoms with Crippen molar-refractivity contribution < 1.29 is 17.9 Å². The van der Waals surface area contributed by atoms with E-state index in [1.807, 2.05) is 19.9 Å². The fraction of sp³-hybridized carbons (Fsp3) is 0.438. The van der Waals surface area contributed by atoms with Crippen LogP contribution in [0.25, 0.3) is 0 Å². The molecule has 1 fully saturated rings. The van der Waals surface area contributed by atoms with E-state index in [9.17, 15) is 13.2 Å². The van der Waals surface area contributed by atoms with E-state index in [0.29, 0.717) is 25.0 Å². The highest BCUT2D eigenvalue weighted by molar-refractivity contribution is 5.50. The third kappa shape index (κ3) is 6.44. The molecule has 0 N–H and O–H groups in total. The van der Waals surface area contributed by atoms with E-state index in [-0.39, 0.29) is 17.3 Å². The van der Waals surface area contributed by atoms with Crippen LogP contribution in [-0.4, -0.2) is 12.8 Å². The molecule has 0 aliphatic heterocycles. The molecule has 2 aromatic carbocycles. The van der Waals surface area contributed by atoms with Gasteiger partial charge in [-0.2, -0.15) is 0 Å². The number of rotatable bonds is 6. The number of halogens is 3. The lowest BCUT2D eigenvalue weighted by atomic mass is 9.78. The molecule has 0 aromatic heterocycles. The van der Waals surface area contributed by atoms with Gasteiger partial charge in [0.25, 0.3) is 0 Å². The van der Waals surface area contributed by atoms with Crippen LogP contribution in [0.1, 0.15) is 74.1 Å². The Hall–Kier alpha value is -2.93. The number of aryl methyl sites for hydroxylation is 2. The predicted octanol–water partition coefficient (Wildman–Crippen LogP) is 8.56. The molecule has 1 saturated carbocycles. The highest BCUT2D eigenvalue weighted by Gasteiger charge is 2.26. The van der Waals surface area contributed by atoms with E-state index < -0.39 is 17.9 Å². The molecule has 190 valence electrons. The largest absolute Gasteiger partial charge is 0.494 e. The zero-order valence-corrected chi connectivity index (χ0v) is 21.4. The topological polar surface area (TPSA) is 9.23 Å². The molecule has 0 amide bonds. The van der Waals surface area contributed by atoms with Crippen LogP contribution in [0, 0.1) is 36.4 Å². The van der Waals surface area contributed by atoms with Gasteiger partial charge in [0.1, 0.15) is 23.6 Å². The molecule has 2 aliphatic carbocycles. The Morgan fingerprint density at radius 3 is 2.39 bits per heavy atom. The lowest BCUT2D eigenvalue weighted by molar-refractivity contribution is 0.300. The molecule has 1 nitrogen and oxygen atoms in total. The molecule has 2 unspecified atom stereocenters. The van der Waals surface area contributed by atoms with Crippen molar-refractivity contribution in [1.82, 2.24) is 0 Å². The van der Waals surface area contributed by atoms with Crippen LogP contribution in [0.3, 0.4) is 0 Å². The summed E-state index contributed by atoms with van der Waals surface area (Å²) in [5, 5.41) is 0. The summed E-state index contributed by atoms with van der Waals surface area (Å²) in [5.41, 5.74) is 3.48. The molecule has 2 aromatic rings. The molecule has 0 bridgehead atoms. The maximum atomic E-state index is 15.0. The van der Waals surface area contributed by atoms with Gasteiger partial charge in [-0.05, 0) is 111 Å². The summed E-state index contributed by atoms with van der Waals surface area (Å²) in [4.78, 5) is 0. The number of hydrogen-bond acceptors (Lipinski definition) is 1. The van der Waals surface area contributed by atoms with Crippen LogP contribution in [0.2, 0.25) is 0 Å². The van der Waals surface area contributed by atoms with Gasteiger partial charge in [0.15, 0.2) is 0 Å². The molecule has 0 saturated heterocycles. The molecular weight excluding hydrogens is 457 g/mol. The third-order valence-corrected chi connectivity index (χ3v) is 7.52. The normalized spacial score (nSPS) is 23.8. The zero-order chi connectivity index (χ0) is 25.7. The Kier molecular flexibility index (Phi) is 8.62. The van der Waals surface area contributed by atoms with E-state index in [2.05, 4.69) is 18.8 Å². The second kappa shape index (κ2) is 11.9. The summed E-state index contributed by atoms with van der Waals surface area (Å²) in [6, 6.07) is 10.8. The Bertz CT molecular complexity index is 1170. The van der Waals surface area contributed by atoms with Crippen LogP contribution in [0.5, 0.6) is 5.75 Å². The lowest BCUT2D eigenvalue weighted by Gasteiger charge is -2.27. The van der Waals surface area contributed by atoms with Gasteiger partial charge in [0.05, 0.1) is 12.2 Å². The highest BCUT2D eigenvalue weighted by Crippen LogP contribution is 2.38. The fourth-order valence-electron chi connectivity index (χ4n) is 5.24. The number of allylic oxidation sites excluding steroid dienone is 4. The molecule has 2 atom stereocenters. The second-order valence-electron chi connectivity index (χ2n) is 10.2. The summed E-state index contributed by atoms with van der Waals surface area (Å²) in [7, 11) is 0. The first-order chi connectivity index (χ1) is 17.3. The maximum Gasteiger partial charge on any atom is 0.135 e. The summed E-state index contributed by atoms with van der Waals surface area (Å²) in [6.07, 6.45) is 6.52.